The van der Waals surface area contributed by atoms with Crippen LogP contribution in [0.2, 0.25) is 0 Å². The van der Waals surface area contributed by atoms with Gasteiger partial charge >= 0.3 is 0 Å². The van der Waals surface area contributed by atoms with E-state index >= 15 is 0 Å². The molecular weight excluding hydrogens is 348 g/mol. The molecule has 0 aliphatic carbocycles. The van der Waals surface area contributed by atoms with E-state index in [-0.39, 0.29) is 30.1 Å². The Balaban J connectivity index is 1.50. The van der Waals surface area contributed by atoms with Gasteiger partial charge in [-0.15, -0.1) is 0 Å². The number of carbonyl (C=O) groups excluding carboxylic acids is 3. The molecule has 1 atom stereocenters. The lowest BCUT2D eigenvalue weighted by Crippen LogP contribution is -2.41. The molecule has 0 radical (unpaired) electrons. The van der Waals surface area contributed by atoms with Crippen molar-refractivity contribution >= 4 is 17.7 Å². The molecule has 27 heavy (non-hydrogen) atoms. The quantitative estimate of drug-likeness (QED) is 0.772. The van der Waals surface area contributed by atoms with Crippen molar-refractivity contribution in [3.05, 3.63) is 24.2 Å². The van der Waals surface area contributed by atoms with Crippen LogP contribution in [-0.2, 0) is 20.9 Å². The summed E-state index contributed by atoms with van der Waals surface area (Å²) in [5.41, 5.74) is 0. The van der Waals surface area contributed by atoms with Crippen LogP contribution in [0.25, 0.3) is 0 Å². The summed E-state index contributed by atoms with van der Waals surface area (Å²) in [5.74, 6) is 0.504. The molecule has 3 heterocycles. The fraction of sp³-hybridized carbons (Fsp3) is 0.632. The predicted octanol–water partition coefficient (Wildman–Crippen LogP) is 0.299. The van der Waals surface area contributed by atoms with E-state index in [1.807, 2.05) is 17.9 Å². The predicted molar refractivity (Wildman–Crippen MR) is 98.6 cm³/mol. The van der Waals surface area contributed by atoms with Crippen molar-refractivity contribution in [2.75, 3.05) is 45.8 Å². The second-order valence-corrected chi connectivity index (χ2v) is 7.16. The minimum Gasteiger partial charge on any atom is -0.467 e. The van der Waals surface area contributed by atoms with E-state index in [1.54, 1.807) is 17.2 Å². The minimum absolute atomic E-state index is 0.00237. The smallest absolute Gasteiger partial charge is 0.234 e. The number of amides is 3. The van der Waals surface area contributed by atoms with Crippen molar-refractivity contribution in [3.63, 3.8) is 0 Å². The van der Waals surface area contributed by atoms with Gasteiger partial charge in [0.1, 0.15) is 5.76 Å². The second-order valence-electron chi connectivity index (χ2n) is 7.16. The SMILES string of the molecule is CCNC(=O)CN1CCCN(C(=O)C2CC(=O)N(Cc3ccco3)C2)CC1. The summed E-state index contributed by atoms with van der Waals surface area (Å²) in [7, 11) is 0. The Hall–Kier alpha value is -2.35. The van der Waals surface area contributed by atoms with Crippen LogP contribution >= 0.6 is 0 Å². The standard InChI is InChI=1S/C19H28N4O4/c1-2-20-17(24)14-21-6-4-7-22(9-8-21)19(26)15-11-18(25)23(12-15)13-16-5-3-10-27-16/h3,5,10,15H,2,4,6-9,11-14H2,1H3,(H,20,24). The van der Waals surface area contributed by atoms with Crippen LogP contribution in [0.15, 0.2) is 22.8 Å². The summed E-state index contributed by atoms with van der Waals surface area (Å²) in [6.45, 7) is 6.51. The highest BCUT2D eigenvalue weighted by atomic mass is 16.3. The van der Waals surface area contributed by atoms with Gasteiger partial charge in [-0.25, -0.2) is 0 Å². The van der Waals surface area contributed by atoms with Gasteiger partial charge in [0.25, 0.3) is 0 Å². The van der Waals surface area contributed by atoms with E-state index in [2.05, 4.69) is 10.2 Å². The summed E-state index contributed by atoms with van der Waals surface area (Å²) in [4.78, 5) is 42.6. The fourth-order valence-electron chi connectivity index (χ4n) is 3.74. The van der Waals surface area contributed by atoms with E-state index in [1.165, 1.54) is 0 Å². The third-order valence-corrected chi connectivity index (χ3v) is 5.13. The number of nitrogens with one attached hydrogen (secondary N) is 1. The van der Waals surface area contributed by atoms with Gasteiger partial charge in [0, 0.05) is 45.7 Å². The molecule has 0 aromatic carbocycles. The Morgan fingerprint density at radius 2 is 2.11 bits per heavy atom. The largest absolute Gasteiger partial charge is 0.467 e. The van der Waals surface area contributed by atoms with Gasteiger partial charge in [-0.2, -0.15) is 0 Å². The number of likely N-dealkylation sites (tertiary alicyclic amines) is 1. The normalized spacial score (nSPS) is 21.4. The molecule has 2 aliphatic heterocycles. The van der Waals surface area contributed by atoms with Gasteiger partial charge < -0.3 is 19.5 Å². The number of hydrogen-bond acceptors (Lipinski definition) is 5. The van der Waals surface area contributed by atoms with Crippen LogP contribution in [-0.4, -0.2) is 78.2 Å². The first-order valence-electron chi connectivity index (χ1n) is 9.64. The lowest BCUT2D eigenvalue weighted by atomic mass is 10.1. The third-order valence-electron chi connectivity index (χ3n) is 5.13. The van der Waals surface area contributed by atoms with Gasteiger partial charge in [-0.3, -0.25) is 19.3 Å². The topological polar surface area (TPSA) is 86.1 Å². The molecule has 0 saturated carbocycles. The van der Waals surface area contributed by atoms with Crippen molar-refractivity contribution in [1.29, 1.82) is 0 Å². The monoisotopic (exact) mass is 376 g/mol. The van der Waals surface area contributed by atoms with E-state index in [9.17, 15) is 14.4 Å². The summed E-state index contributed by atoms with van der Waals surface area (Å²) >= 11 is 0. The number of carbonyl (C=O) groups is 3. The Labute approximate surface area is 159 Å². The molecule has 2 saturated heterocycles. The van der Waals surface area contributed by atoms with Gasteiger partial charge in [-0.1, -0.05) is 0 Å². The molecular formula is C19H28N4O4. The second kappa shape index (κ2) is 9.03. The number of hydrogen-bond donors (Lipinski definition) is 1. The fourth-order valence-corrected chi connectivity index (χ4v) is 3.74. The average molecular weight is 376 g/mol. The zero-order valence-corrected chi connectivity index (χ0v) is 15.9. The molecule has 2 aliphatic rings. The first kappa shape index (κ1) is 19.4. The summed E-state index contributed by atoms with van der Waals surface area (Å²) < 4.78 is 5.31. The number of furan rings is 1. The van der Waals surface area contributed by atoms with Crippen LogP contribution in [0, 0.1) is 5.92 Å². The lowest BCUT2D eigenvalue weighted by molar-refractivity contribution is -0.135. The molecule has 1 aromatic heterocycles. The maximum atomic E-state index is 12.9. The average Bonchev–Trinajstić information content (AvgIpc) is 3.21. The first-order chi connectivity index (χ1) is 13.1. The van der Waals surface area contributed by atoms with Crippen molar-refractivity contribution in [2.45, 2.75) is 26.3 Å². The zero-order valence-electron chi connectivity index (χ0n) is 15.9. The van der Waals surface area contributed by atoms with Crippen LogP contribution in [0.1, 0.15) is 25.5 Å². The molecule has 0 spiro atoms. The highest BCUT2D eigenvalue weighted by Crippen LogP contribution is 2.23. The number of rotatable bonds is 6. The number of nitrogens with zero attached hydrogens (tertiary/aromatic N) is 3. The first-order valence-corrected chi connectivity index (χ1v) is 9.64. The summed E-state index contributed by atoms with van der Waals surface area (Å²) in [6.07, 6.45) is 2.68. The van der Waals surface area contributed by atoms with Gasteiger partial charge in [0.15, 0.2) is 0 Å². The van der Waals surface area contributed by atoms with Gasteiger partial charge in [-0.05, 0) is 25.5 Å². The highest BCUT2D eigenvalue weighted by Gasteiger charge is 2.37. The maximum absolute atomic E-state index is 12.9. The molecule has 1 N–H and O–H groups in total. The molecule has 3 amide bonds. The Morgan fingerprint density at radius 1 is 1.26 bits per heavy atom. The van der Waals surface area contributed by atoms with Crippen LogP contribution < -0.4 is 5.32 Å². The van der Waals surface area contributed by atoms with E-state index in [0.29, 0.717) is 45.8 Å². The van der Waals surface area contributed by atoms with Crippen LogP contribution in [0.4, 0.5) is 0 Å². The molecule has 8 nitrogen and oxygen atoms in total. The molecule has 3 rings (SSSR count). The Kier molecular flexibility index (Phi) is 6.49. The molecule has 2 fully saturated rings. The van der Waals surface area contributed by atoms with E-state index in [0.717, 1.165) is 18.7 Å². The minimum atomic E-state index is -0.289. The third kappa shape index (κ3) is 5.09. The van der Waals surface area contributed by atoms with Crippen molar-refractivity contribution in [2.24, 2.45) is 5.92 Å². The molecule has 1 aromatic rings. The maximum Gasteiger partial charge on any atom is 0.234 e. The Bertz CT molecular complexity index is 661. The van der Waals surface area contributed by atoms with Gasteiger partial charge in [0.2, 0.25) is 17.7 Å². The summed E-state index contributed by atoms with van der Waals surface area (Å²) in [6, 6.07) is 3.63. The highest BCUT2D eigenvalue weighted by molar-refractivity contribution is 5.89. The van der Waals surface area contributed by atoms with E-state index in [4.69, 9.17) is 4.42 Å². The molecule has 1 unspecified atom stereocenters. The van der Waals surface area contributed by atoms with Crippen LogP contribution in [0.5, 0.6) is 0 Å². The molecule has 148 valence electrons. The number of likely N-dealkylation sites (N-methyl/N-ethyl adjacent to an activating group) is 1. The van der Waals surface area contributed by atoms with Crippen molar-refractivity contribution < 1.29 is 18.8 Å². The van der Waals surface area contributed by atoms with Crippen molar-refractivity contribution in [3.8, 4) is 0 Å². The van der Waals surface area contributed by atoms with E-state index < -0.39 is 0 Å². The van der Waals surface area contributed by atoms with Crippen molar-refractivity contribution in [1.82, 2.24) is 20.0 Å². The molecule has 8 heteroatoms. The lowest BCUT2D eigenvalue weighted by Gasteiger charge is -2.24. The zero-order chi connectivity index (χ0) is 19.2. The summed E-state index contributed by atoms with van der Waals surface area (Å²) in [5, 5.41) is 2.81. The van der Waals surface area contributed by atoms with Crippen LogP contribution in [0.3, 0.4) is 0 Å². The Morgan fingerprint density at radius 3 is 2.85 bits per heavy atom. The van der Waals surface area contributed by atoms with Gasteiger partial charge in [0.05, 0.1) is 25.3 Å². The molecule has 0 bridgehead atoms.